The van der Waals surface area contributed by atoms with Gasteiger partial charge in [0.1, 0.15) is 17.6 Å². The van der Waals surface area contributed by atoms with Crippen molar-refractivity contribution < 1.29 is 31.9 Å². The van der Waals surface area contributed by atoms with Crippen molar-refractivity contribution >= 4 is 23.6 Å². The number of hydrogen-bond donors (Lipinski definition) is 2. The Labute approximate surface area is 168 Å². The first-order valence-electron chi connectivity index (χ1n) is 8.54. The number of furan rings is 1. The van der Waals surface area contributed by atoms with Crippen LogP contribution in [0.5, 0.6) is 0 Å². The van der Waals surface area contributed by atoms with Crippen molar-refractivity contribution in [1.29, 1.82) is 0 Å². The minimum Gasteiger partial charge on any atom is -0.463 e. The Bertz CT molecular complexity index is 998. The molecule has 2 N–H and O–H groups in total. The Kier molecular flexibility index (Phi) is 5.61. The molecule has 1 unspecified atom stereocenters. The first-order valence-corrected chi connectivity index (χ1v) is 8.92. The maximum atomic E-state index is 13.0. The number of benzene rings is 1. The fraction of sp³-hybridized carbons (Fsp3) is 0.263. The Morgan fingerprint density at radius 3 is 2.66 bits per heavy atom. The van der Waals surface area contributed by atoms with Crippen LogP contribution in [-0.4, -0.2) is 18.6 Å². The first-order chi connectivity index (χ1) is 13.6. The number of halogens is 4. The minimum atomic E-state index is -4.55. The third-order valence-corrected chi connectivity index (χ3v) is 4.56. The van der Waals surface area contributed by atoms with E-state index in [-0.39, 0.29) is 40.0 Å². The SMILES string of the molecule is CCOC(=O)C1=C(C)NC(=O)NC1c1ccc(-c2cc(C(F)(F)F)ccc2Cl)o1. The molecule has 1 aromatic carbocycles. The summed E-state index contributed by atoms with van der Waals surface area (Å²) in [6.07, 6.45) is -4.55. The lowest BCUT2D eigenvalue weighted by atomic mass is 10.0. The third-order valence-electron chi connectivity index (χ3n) is 4.23. The molecular weight excluding hydrogens is 413 g/mol. The minimum absolute atomic E-state index is 0.0337. The Hall–Kier alpha value is -2.94. The molecule has 0 fully saturated rings. The second-order valence-electron chi connectivity index (χ2n) is 6.19. The van der Waals surface area contributed by atoms with Crippen LogP contribution in [0.2, 0.25) is 5.02 Å². The first kappa shape index (κ1) is 20.8. The number of carbonyl (C=O) groups excluding carboxylic acids is 2. The molecule has 2 amide bonds. The molecule has 1 aliphatic heterocycles. The second-order valence-corrected chi connectivity index (χ2v) is 6.59. The highest BCUT2D eigenvalue weighted by Gasteiger charge is 2.35. The van der Waals surface area contributed by atoms with Crippen molar-refractivity contribution in [2.75, 3.05) is 6.61 Å². The van der Waals surface area contributed by atoms with Gasteiger partial charge in [-0.3, -0.25) is 0 Å². The van der Waals surface area contributed by atoms with E-state index in [0.29, 0.717) is 0 Å². The number of carbonyl (C=O) groups is 2. The summed E-state index contributed by atoms with van der Waals surface area (Å²) in [4.78, 5) is 24.2. The third kappa shape index (κ3) is 4.24. The molecule has 0 aliphatic carbocycles. The van der Waals surface area contributed by atoms with Gasteiger partial charge in [0.05, 0.1) is 22.8 Å². The molecule has 0 saturated heterocycles. The predicted molar refractivity (Wildman–Crippen MR) is 97.9 cm³/mol. The largest absolute Gasteiger partial charge is 0.463 e. The monoisotopic (exact) mass is 428 g/mol. The van der Waals surface area contributed by atoms with Crippen molar-refractivity contribution in [3.63, 3.8) is 0 Å². The highest BCUT2D eigenvalue weighted by atomic mass is 35.5. The highest BCUT2D eigenvalue weighted by molar-refractivity contribution is 6.33. The number of esters is 1. The van der Waals surface area contributed by atoms with Crippen molar-refractivity contribution in [3.8, 4) is 11.3 Å². The number of amides is 2. The molecule has 1 aliphatic rings. The summed E-state index contributed by atoms with van der Waals surface area (Å²) in [5.41, 5.74) is -0.436. The van der Waals surface area contributed by atoms with Crippen LogP contribution in [-0.2, 0) is 15.7 Å². The van der Waals surface area contributed by atoms with Gasteiger partial charge in [-0.25, -0.2) is 9.59 Å². The molecule has 154 valence electrons. The lowest BCUT2D eigenvalue weighted by Gasteiger charge is -2.26. The molecule has 1 aromatic heterocycles. The molecule has 0 radical (unpaired) electrons. The van der Waals surface area contributed by atoms with Crippen molar-refractivity contribution in [2.24, 2.45) is 0 Å². The van der Waals surface area contributed by atoms with Crippen LogP contribution >= 0.6 is 11.6 Å². The molecule has 0 saturated carbocycles. The molecule has 2 aromatic rings. The summed E-state index contributed by atoms with van der Waals surface area (Å²) in [5, 5.41) is 5.09. The van der Waals surface area contributed by atoms with E-state index < -0.39 is 29.8 Å². The normalized spacial score (nSPS) is 17.0. The van der Waals surface area contributed by atoms with Gasteiger partial charge in [-0.15, -0.1) is 0 Å². The molecule has 0 spiro atoms. The summed E-state index contributed by atoms with van der Waals surface area (Å²) in [7, 11) is 0. The van der Waals surface area contributed by atoms with Crippen LogP contribution in [0, 0.1) is 0 Å². The van der Waals surface area contributed by atoms with Crippen LogP contribution in [0.25, 0.3) is 11.3 Å². The van der Waals surface area contributed by atoms with Gasteiger partial charge in [0.15, 0.2) is 0 Å². The fourth-order valence-corrected chi connectivity index (χ4v) is 3.14. The van der Waals surface area contributed by atoms with Crippen LogP contribution in [0.15, 0.2) is 46.0 Å². The van der Waals surface area contributed by atoms with E-state index in [4.69, 9.17) is 20.8 Å². The molecule has 10 heteroatoms. The summed E-state index contributed by atoms with van der Waals surface area (Å²) < 4.78 is 49.8. The Balaban J connectivity index is 2.02. The van der Waals surface area contributed by atoms with Crippen molar-refractivity contribution in [3.05, 3.63) is 57.9 Å². The van der Waals surface area contributed by atoms with Crippen LogP contribution in [0.1, 0.15) is 31.2 Å². The van der Waals surface area contributed by atoms with E-state index >= 15 is 0 Å². The summed E-state index contributed by atoms with van der Waals surface area (Å²) >= 11 is 6.05. The quantitative estimate of drug-likeness (QED) is 0.685. The summed E-state index contributed by atoms with van der Waals surface area (Å²) in [6, 6.07) is 4.21. The van der Waals surface area contributed by atoms with E-state index in [1.807, 2.05) is 0 Å². The van der Waals surface area contributed by atoms with Gasteiger partial charge < -0.3 is 19.8 Å². The lowest BCUT2D eigenvalue weighted by Crippen LogP contribution is -2.45. The van der Waals surface area contributed by atoms with Gasteiger partial charge in [-0.1, -0.05) is 11.6 Å². The zero-order valence-electron chi connectivity index (χ0n) is 15.3. The number of hydrogen-bond acceptors (Lipinski definition) is 4. The van der Waals surface area contributed by atoms with Gasteiger partial charge in [0.25, 0.3) is 0 Å². The van der Waals surface area contributed by atoms with Crippen LogP contribution in [0.3, 0.4) is 0 Å². The number of allylic oxidation sites excluding steroid dienone is 1. The fourth-order valence-electron chi connectivity index (χ4n) is 2.93. The molecule has 3 rings (SSSR count). The Morgan fingerprint density at radius 2 is 2.00 bits per heavy atom. The van der Waals surface area contributed by atoms with E-state index in [1.54, 1.807) is 6.92 Å². The van der Waals surface area contributed by atoms with Crippen LogP contribution < -0.4 is 10.6 Å². The Morgan fingerprint density at radius 1 is 1.28 bits per heavy atom. The van der Waals surface area contributed by atoms with Gasteiger partial charge in [-0.05, 0) is 44.2 Å². The average molecular weight is 429 g/mol. The molecule has 6 nitrogen and oxygen atoms in total. The number of urea groups is 1. The van der Waals surface area contributed by atoms with E-state index in [9.17, 15) is 22.8 Å². The van der Waals surface area contributed by atoms with Gasteiger partial charge in [-0.2, -0.15) is 13.2 Å². The predicted octanol–water partition coefficient (Wildman–Crippen LogP) is 4.81. The van der Waals surface area contributed by atoms with Gasteiger partial charge in [0, 0.05) is 11.3 Å². The van der Waals surface area contributed by atoms with Crippen molar-refractivity contribution in [2.45, 2.75) is 26.1 Å². The van der Waals surface area contributed by atoms with E-state index in [2.05, 4.69) is 10.6 Å². The molecule has 29 heavy (non-hydrogen) atoms. The lowest BCUT2D eigenvalue weighted by molar-refractivity contribution is -0.139. The number of rotatable bonds is 4. The zero-order valence-corrected chi connectivity index (χ0v) is 16.1. The maximum absolute atomic E-state index is 13.0. The smallest absolute Gasteiger partial charge is 0.416 e. The molecule has 1 atom stereocenters. The molecular formula is C19H16ClF3N2O4. The topological polar surface area (TPSA) is 80.6 Å². The molecule has 0 bridgehead atoms. The van der Waals surface area contributed by atoms with Gasteiger partial charge >= 0.3 is 18.2 Å². The number of nitrogens with one attached hydrogen (secondary N) is 2. The van der Waals surface area contributed by atoms with E-state index in [0.717, 1.165) is 18.2 Å². The standard InChI is InChI=1S/C19H16ClF3N2O4/c1-3-28-17(26)15-9(2)24-18(27)25-16(15)14-7-6-13(29-14)11-8-10(19(21,22)23)4-5-12(11)20/h4-8,16H,3H2,1-2H3,(H2,24,25,27). The van der Waals surface area contributed by atoms with Crippen LogP contribution in [0.4, 0.5) is 18.0 Å². The van der Waals surface area contributed by atoms with Crippen molar-refractivity contribution in [1.82, 2.24) is 10.6 Å². The number of ether oxygens (including phenoxy) is 1. The summed E-state index contributed by atoms with van der Waals surface area (Å²) in [5.74, 6) is -0.451. The maximum Gasteiger partial charge on any atom is 0.416 e. The molecule has 2 heterocycles. The summed E-state index contributed by atoms with van der Waals surface area (Å²) in [6.45, 7) is 3.29. The van der Waals surface area contributed by atoms with E-state index in [1.165, 1.54) is 19.1 Å². The number of alkyl halides is 3. The average Bonchev–Trinajstić information content (AvgIpc) is 3.10. The zero-order chi connectivity index (χ0) is 21.3. The second kappa shape index (κ2) is 7.82. The van der Waals surface area contributed by atoms with Gasteiger partial charge in [0.2, 0.25) is 0 Å². The highest BCUT2D eigenvalue weighted by Crippen LogP contribution is 2.38.